The van der Waals surface area contributed by atoms with Crippen molar-refractivity contribution in [2.45, 2.75) is 103 Å². The number of H-pyrrole nitrogens is 1. The molecule has 1 unspecified atom stereocenters. The van der Waals surface area contributed by atoms with Gasteiger partial charge in [-0.3, -0.25) is 24.3 Å². The van der Waals surface area contributed by atoms with Gasteiger partial charge in [-0.15, -0.1) is 6.58 Å². The molecule has 4 amide bonds. The molecule has 2 aliphatic carbocycles. The zero-order valence-corrected chi connectivity index (χ0v) is 34.0. The zero-order chi connectivity index (χ0) is 41.3. The number of likely N-dealkylation sites (tertiary alicyclic amines) is 1. The summed E-state index contributed by atoms with van der Waals surface area (Å²) in [5.74, 6) is -0.941. The number of imidazole rings is 1. The van der Waals surface area contributed by atoms with E-state index in [-0.39, 0.29) is 44.0 Å². The van der Waals surface area contributed by atoms with E-state index >= 15 is 0 Å². The molecule has 1 saturated heterocycles. The molecule has 1 aromatic carbocycles. The number of amides is 4. The van der Waals surface area contributed by atoms with Crippen LogP contribution in [0.5, 0.6) is 11.5 Å². The molecule has 3 aromatic rings. The van der Waals surface area contributed by atoms with Crippen molar-refractivity contribution in [1.29, 1.82) is 0 Å². The van der Waals surface area contributed by atoms with E-state index in [0.29, 0.717) is 33.8 Å². The molecule has 0 spiro atoms. The highest BCUT2D eigenvalue weighted by atomic mass is 31.2. The number of fused-ring (bicyclic) bond motifs is 1. The van der Waals surface area contributed by atoms with Crippen LogP contribution in [0.3, 0.4) is 0 Å². The predicted octanol–water partition coefficient (Wildman–Crippen LogP) is 5.26. The molecule has 6 rings (SSSR count). The van der Waals surface area contributed by atoms with Crippen LogP contribution < -0.4 is 25.4 Å². The Kier molecular flexibility index (Phi) is 12.0. The third kappa shape index (κ3) is 8.95. The van der Waals surface area contributed by atoms with Crippen LogP contribution in [0, 0.1) is 11.3 Å². The number of methoxy groups -OCH3 is 1. The SMILES string of the molecule is C=C[C@@H]1C[C@]1(NC(=O)[C@@H]1C[C@@H](Oc2cc(-c3c[nH]c(NC(C)=O)n3)nc3cc(OC)ccc23)CN1C(=O)[C@@H](NC(=O)OC1CCCC1)C(C)(C)C)P(=O)(O)OCC. The first-order valence-corrected chi connectivity index (χ1v) is 20.7. The quantitative estimate of drug-likeness (QED) is 0.104. The van der Waals surface area contributed by atoms with E-state index in [0.717, 1.165) is 25.7 Å². The van der Waals surface area contributed by atoms with Gasteiger partial charge in [0.15, 0.2) is 0 Å². The van der Waals surface area contributed by atoms with Crippen molar-refractivity contribution in [1.82, 2.24) is 30.5 Å². The number of pyridine rings is 1. The lowest BCUT2D eigenvalue weighted by atomic mass is 9.85. The molecule has 0 bridgehead atoms. The number of carbonyl (C=O) groups is 4. The van der Waals surface area contributed by atoms with Gasteiger partial charge in [0.25, 0.3) is 0 Å². The summed E-state index contributed by atoms with van der Waals surface area (Å²) in [5.41, 5.74) is 0.496. The lowest BCUT2D eigenvalue weighted by molar-refractivity contribution is -0.142. The Balaban J connectivity index is 1.34. The molecule has 17 nitrogen and oxygen atoms in total. The van der Waals surface area contributed by atoms with Gasteiger partial charge in [-0.25, -0.2) is 14.8 Å². The summed E-state index contributed by atoms with van der Waals surface area (Å²) < 4.78 is 36.5. The highest BCUT2D eigenvalue weighted by molar-refractivity contribution is 7.55. The molecule has 3 fully saturated rings. The maximum atomic E-state index is 14.7. The van der Waals surface area contributed by atoms with E-state index < -0.39 is 60.3 Å². The molecular weight excluding hydrogens is 757 g/mol. The number of rotatable bonds is 14. The first-order valence-electron chi connectivity index (χ1n) is 19.2. The number of aromatic nitrogens is 3. The van der Waals surface area contributed by atoms with E-state index in [1.54, 1.807) is 58.2 Å². The Morgan fingerprint density at radius 3 is 2.51 bits per heavy atom. The summed E-state index contributed by atoms with van der Waals surface area (Å²) in [6.45, 7) is 12.0. The smallest absolute Gasteiger partial charge is 0.408 e. The van der Waals surface area contributed by atoms with Crippen molar-refractivity contribution in [2.24, 2.45) is 11.3 Å². The minimum Gasteiger partial charge on any atom is -0.497 e. The molecule has 2 aromatic heterocycles. The summed E-state index contributed by atoms with van der Waals surface area (Å²) in [7, 11) is -2.85. The fourth-order valence-corrected chi connectivity index (χ4v) is 9.36. The van der Waals surface area contributed by atoms with Crippen molar-refractivity contribution in [3.05, 3.63) is 43.1 Å². The van der Waals surface area contributed by atoms with E-state index in [9.17, 15) is 28.6 Å². The van der Waals surface area contributed by atoms with Crippen LogP contribution in [0.2, 0.25) is 0 Å². The fourth-order valence-electron chi connectivity index (χ4n) is 7.57. The van der Waals surface area contributed by atoms with Gasteiger partial charge in [-0.1, -0.05) is 26.8 Å². The van der Waals surface area contributed by atoms with Gasteiger partial charge in [-0.2, -0.15) is 0 Å². The second kappa shape index (κ2) is 16.5. The van der Waals surface area contributed by atoms with Gasteiger partial charge in [0.1, 0.15) is 46.8 Å². The van der Waals surface area contributed by atoms with Crippen LogP contribution in [0.1, 0.15) is 73.1 Å². The Labute approximate surface area is 331 Å². The van der Waals surface area contributed by atoms with Crippen molar-refractivity contribution in [3.8, 4) is 22.9 Å². The lowest BCUT2D eigenvalue weighted by Crippen LogP contribution is -2.58. The molecule has 308 valence electrons. The second-order valence-corrected chi connectivity index (χ2v) is 17.9. The minimum absolute atomic E-state index is 0.00938. The van der Waals surface area contributed by atoms with E-state index in [1.807, 2.05) is 0 Å². The first kappa shape index (κ1) is 41.6. The van der Waals surface area contributed by atoms with E-state index in [1.165, 1.54) is 25.0 Å². The molecule has 5 N–H and O–H groups in total. The maximum absolute atomic E-state index is 14.7. The Bertz CT molecular complexity index is 2080. The molecule has 0 radical (unpaired) electrons. The first-order chi connectivity index (χ1) is 27.0. The van der Waals surface area contributed by atoms with Crippen LogP contribution in [-0.2, 0) is 28.2 Å². The summed E-state index contributed by atoms with van der Waals surface area (Å²) in [6, 6.07) is 4.66. The number of aromatic amines is 1. The van der Waals surface area contributed by atoms with Crippen LogP contribution in [0.15, 0.2) is 43.1 Å². The van der Waals surface area contributed by atoms with Crippen LogP contribution in [-0.4, -0.2) is 98.4 Å². The summed E-state index contributed by atoms with van der Waals surface area (Å²) in [6.07, 6.45) is 4.85. The summed E-state index contributed by atoms with van der Waals surface area (Å²) >= 11 is 0. The number of hydrogen-bond donors (Lipinski definition) is 5. The van der Waals surface area contributed by atoms with Gasteiger partial charge in [0.05, 0.1) is 31.5 Å². The Morgan fingerprint density at radius 2 is 1.88 bits per heavy atom. The number of alkyl carbamates (subject to hydrolysis) is 1. The molecule has 2 saturated carbocycles. The standard InChI is InChI=1S/C39H52N7O10P/c1-8-23-19-39(23,57(51,52)54-9-2)45-34(48)31-17-26(21-46(31)35(49)33(38(4,5)6)44-37(50)56-24-12-10-11-13-24)55-32-18-29(30-20-40-36(43-30)41-22(3)47)42-28-16-25(53-7)14-15-27(28)32/h8,14-16,18,20,23-24,26,31,33H,1,9-13,17,19,21H2,2-7H3,(H,44,50)(H,45,48)(H,51,52)(H2,40,41,43,47)/t23-,26-,31+,33-,39+/m1/s1. The van der Waals surface area contributed by atoms with Gasteiger partial charge >= 0.3 is 13.7 Å². The topological polar surface area (TPSA) is 223 Å². The van der Waals surface area contributed by atoms with Crippen LogP contribution >= 0.6 is 7.60 Å². The van der Waals surface area contributed by atoms with Gasteiger partial charge in [0.2, 0.25) is 23.7 Å². The number of hydrogen-bond acceptors (Lipinski definition) is 11. The summed E-state index contributed by atoms with van der Waals surface area (Å²) in [4.78, 5) is 78.4. The maximum Gasteiger partial charge on any atom is 0.408 e. The summed E-state index contributed by atoms with van der Waals surface area (Å²) in [5, 5.41) is 7.16. The van der Waals surface area contributed by atoms with Gasteiger partial charge in [0, 0.05) is 43.0 Å². The molecule has 3 heterocycles. The predicted molar refractivity (Wildman–Crippen MR) is 210 cm³/mol. The fraction of sp³-hybridized carbons (Fsp3) is 0.538. The monoisotopic (exact) mass is 809 g/mol. The average Bonchev–Trinajstić information content (AvgIpc) is 3.55. The van der Waals surface area contributed by atoms with Crippen molar-refractivity contribution >= 4 is 48.3 Å². The number of anilines is 1. The second-order valence-electron chi connectivity index (χ2n) is 15.8. The normalized spacial score (nSPS) is 23.6. The highest BCUT2D eigenvalue weighted by Crippen LogP contribution is 2.70. The van der Waals surface area contributed by atoms with Gasteiger partial charge < -0.3 is 44.1 Å². The number of nitrogens with one attached hydrogen (secondary N) is 4. The van der Waals surface area contributed by atoms with Crippen LogP contribution in [0.25, 0.3) is 22.3 Å². The Hall–Kier alpha value is -4.99. The van der Waals surface area contributed by atoms with Crippen molar-refractivity contribution in [2.75, 3.05) is 25.6 Å². The van der Waals surface area contributed by atoms with Crippen molar-refractivity contribution < 1.29 is 47.4 Å². The molecule has 3 aliphatic rings. The molecular formula is C39H52N7O10P. The van der Waals surface area contributed by atoms with E-state index in [2.05, 4.69) is 32.5 Å². The van der Waals surface area contributed by atoms with Crippen molar-refractivity contribution in [3.63, 3.8) is 0 Å². The minimum atomic E-state index is -4.38. The number of carbonyl (C=O) groups excluding carboxylic acids is 4. The molecule has 57 heavy (non-hydrogen) atoms. The van der Waals surface area contributed by atoms with Gasteiger partial charge in [-0.05, 0) is 56.6 Å². The lowest BCUT2D eigenvalue weighted by Gasteiger charge is -2.35. The number of ether oxygens (including phenoxy) is 3. The zero-order valence-electron chi connectivity index (χ0n) is 33.1. The molecule has 6 atom stereocenters. The Morgan fingerprint density at radius 1 is 1.14 bits per heavy atom. The van der Waals surface area contributed by atoms with E-state index in [4.69, 9.17) is 23.7 Å². The third-order valence-corrected chi connectivity index (χ3v) is 12.9. The number of nitrogens with zero attached hydrogens (tertiary/aromatic N) is 3. The number of benzene rings is 1. The van der Waals surface area contributed by atoms with Crippen LogP contribution in [0.4, 0.5) is 10.7 Å². The highest BCUT2D eigenvalue weighted by Gasteiger charge is 2.67. The molecule has 18 heteroatoms. The molecule has 1 aliphatic heterocycles. The largest absolute Gasteiger partial charge is 0.497 e. The average molecular weight is 810 g/mol. The third-order valence-electron chi connectivity index (χ3n) is 10.6.